The molecule has 0 aliphatic carbocycles. The van der Waals surface area contributed by atoms with Gasteiger partial charge in [-0.3, -0.25) is 0 Å². The molecule has 2 rings (SSSR count). The largest absolute Gasteiger partial charge is 0.436 e. The minimum Gasteiger partial charge on any atom is -0.436 e. The van der Waals surface area contributed by atoms with Gasteiger partial charge in [0.1, 0.15) is 6.10 Å². The molecule has 0 spiro atoms. The number of hydrogen-bond acceptors (Lipinski definition) is 5. The molecule has 0 saturated carbocycles. The second kappa shape index (κ2) is 3.29. The van der Waals surface area contributed by atoms with Crippen LogP contribution in [0.5, 0.6) is 0 Å². The predicted molar refractivity (Wildman–Crippen MR) is 55.0 cm³/mol. The number of nitrogens with two attached hydrogens (primary N) is 1. The number of pyridine rings is 1. The van der Waals surface area contributed by atoms with Crippen molar-refractivity contribution in [1.82, 2.24) is 9.97 Å². The summed E-state index contributed by atoms with van der Waals surface area (Å²) in [5.74, 6) is 0.205. The summed E-state index contributed by atoms with van der Waals surface area (Å²) in [5, 5.41) is 9.85. The minimum absolute atomic E-state index is 0.205. The van der Waals surface area contributed by atoms with Gasteiger partial charge in [-0.2, -0.15) is 4.98 Å². The third-order valence-corrected chi connectivity index (χ3v) is 2.12. The van der Waals surface area contributed by atoms with E-state index in [1.807, 2.05) is 0 Å². The maximum Gasteiger partial charge on any atom is 0.227 e. The van der Waals surface area contributed by atoms with Crippen LogP contribution in [0.3, 0.4) is 0 Å². The summed E-state index contributed by atoms with van der Waals surface area (Å²) >= 11 is 0. The first kappa shape index (κ1) is 10.1. The smallest absolute Gasteiger partial charge is 0.227 e. The number of fused-ring (bicyclic) bond motifs is 1. The van der Waals surface area contributed by atoms with Crippen LogP contribution in [-0.4, -0.2) is 20.6 Å². The Morgan fingerprint density at radius 1 is 1.53 bits per heavy atom. The normalized spacial score (nSPS) is 14.4. The maximum atomic E-state index is 9.85. The van der Waals surface area contributed by atoms with Crippen molar-refractivity contribution >= 4 is 11.2 Å². The van der Waals surface area contributed by atoms with Crippen LogP contribution in [0, 0.1) is 0 Å². The van der Waals surface area contributed by atoms with E-state index in [0.29, 0.717) is 11.2 Å². The van der Waals surface area contributed by atoms with E-state index >= 15 is 0 Å². The molecule has 0 radical (unpaired) electrons. The lowest BCUT2D eigenvalue weighted by Gasteiger charge is -2.22. The van der Waals surface area contributed by atoms with Crippen molar-refractivity contribution in [1.29, 1.82) is 0 Å². The third kappa shape index (κ3) is 1.84. The Kier molecular flexibility index (Phi) is 2.21. The van der Waals surface area contributed by atoms with Crippen LogP contribution in [0.4, 0.5) is 0 Å². The first-order valence-corrected chi connectivity index (χ1v) is 4.67. The zero-order valence-electron chi connectivity index (χ0n) is 8.64. The average molecular weight is 207 g/mol. The SMILES string of the molecule is CC(C)(N)C(O)c1nc2ncccc2o1. The molecule has 0 amide bonds. The first-order chi connectivity index (χ1) is 6.98. The second-order valence-corrected chi connectivity index (χ2v) is 4.10. The van der Waals surface area contributed by atoms with Gasteiger partial charge in [0.15, 0.2) is 11.2 Å². The highest BCUT2D eigenvalue weighted by Gasteiger charge is 2.29. The lowest BCUT2D eigenvalue weighted by atomic mass is 9.99. The molecule has 15 heavy (non-hydrogen) atoms. The lowest BCUT2D eigenvalue weighted by molar-refractivity contribution is 0.0791. The highest BCUT2D eigenvalue weighted by molar-refractivity contribution is 5.66. The molecule has 0 aliphatic heterocycles. The van der Waals surface area contributed by atoms with Crippen LogP contribution in [-0.2, 0) is 0 Å². The Morgan fingerprint density at radius 2 is 2.27 bits per heavy atom. The molecule has 0 aromatic carbocycles. The molecule has 80 valence electrons. The van der Waals surface area contributed by atoms with Gasteiger partial charge in [0.2, 0.25) is 5.89 Å². The summed E-state index contributed by atoms with van der Waals surface area (Å²) in [5.41, 5.74) is 6.01. The zero-order valence-corrected chi connectivity index (χ0v) is 8.64. The van der Waals surface area contributed by atoms with Crippen LogP contribution in [0.25, 0.3) is 11.2 Å². The molecule has 2 aromatic rings. The number of oxazole rings is 1. The molecule has 0 fully saturated rings. The van der Waals surface area contributed by atoms with Gasteiger partial charge < -0.3 is 15.3 Å². The summed E-state index contributed by atoms with van der Waals surface area (Å²) in [6.45, 7) is 3.42. The molecule has 1 unspecified atom stereocenters. The molecular weight excluding hydrogens is 194 g/mol. The summed E-state index contributed by atoms with van der Waals surface area (Å²) in [6.07, 6.45) is 0.681. The number of aliphatic hydroxyl groups excluding tert-OH is 1. The van der Waals surface area contributed by atoms with E-state index < -0.39 is 11.6 Å². The van der Waals surface area contributed by atoms with Gasteiger partial charge in [0, 0.05) is 11.7 Å². The lowest BCUT2D eigenvalue weighted by Crippen LogP contribution is -2.39. The van der Waals surface area contributed by atoms with Gasteiger partial charge in [-0.05, 0) is 26.0 Å². The van der Waals surface area contributed by atoms with Crippen LogP contribution in [0.1, 0.15) is 25.8 Å². The van der Waals surface area contributed by atoms with Gasteiger partial charge in [-0.25, -0.2) is 4.98 Å². The molecule has 5 heteroatoms. The molecule has 0 aliphatic rings. The van der Waals surface area contributed by atoms with Crippen molar-refractivity contribution < 1.29 is 9.52 Å². The van der Waals surface area contributed by atoms with Crippen molar-refractivity contribution in [2.75, 3.05) is 0 Å². The summed E-state index contributed by atoms with van der Waals surface area (Å²) in [4.78, 5) is 8.08. The van der Waals surface area contributed by atoms with E-state index in [4.69, 9.17) is 10.2 Å². The van der Waals surface area contributed by atoms with E-state index in [2.05, 4.69) is 9.97 Å². The number of aliphatic hydroxyl groups is 1. The van der Waals surface area contributed by atoms with Crippen molar-refractivity contribution in [3.05, 3.63) is 24.2 Å². The van der Waals surface area contributed by atoms with E-state index in [-0.39, 0.29) is 5.89 Å². The van der Waals surface area contributed by atoms with Crippen LogP contribution >= 0.6 is 0 Å². The Hall–Kier alpha value is -1.46. The van der Waals surface area contributed by atoms with Gasteiger partial charge in [0.05, 0.1) is 0 Å². The minimum atomic E-state index is -0.938. The quantitative estimate of drug-likeness (QED) is 0.767. The maximum absolute atomic E-state index is 9.85. The Bertz CT molecular complexity index is 440. The molecule has 0 bridgehead atoms. The van der Waals surface area contributed by atoms with Gasteiger partial charge in [-0.1, -0.05) is 0 Å². The number of nitrogens with zero attached hydrogens (tertiary/aromatic N) is 2. The van der Waals surface area contributed by atoms with Crippen LogP contribution < -0.4 is 5.73 Å². The first-order valence-electron chi connectivity index (χ1n) is 4.67. The van der Waals surface area contributed by atoms with E-state index in [9.17, 15) is 5.11 Å². The van der Waals surface area contributed by atoms with Crippen LogP contribution in [0.2, 0.25) is 0 Å². The molecule has 2 aromatic heterocycles. The average Bonchev–Trinajstić information content (AvgIpc) is 2.58. The number of hydrogen-bond donors (Lipinski definition) is 2. The predicted octanol–water partition coefficient (Wildman–Crippen LogP) is 0.993. The Morgan fingerprint density at radius 3 is 2.87 bits per heavy atom. The molecule has 2 heterocycles. The fraction of sp³-hybridized carbons (Fsp3) is 0.400. The van der Waals surface area contributed by atoms with Gasteiger partial charge in [-0.15, -0.1) is 0 Å². The van der Waals surface area contributed by atoms with E-state index in [1.54, 1.807) is 32.2 Å². The van der Waals surface area contributed by atoms with Crippen molar-refractivity contribution in [2.45, 2.75) is 25.5 Å². The Balaban J connectivity index is 2.45. The molecule has 5 nitrogen and oxygen atoms in total. The van der Waals surface area contributed by atoms with Crippen molar-refractivity contribution in [3.63, 3.8) is 0 Å². The fourth-order valence-corrected chi connectivity index (χ4v) is 1.22. The van der Waals surface area contributed by atoms with Gasteiger partial charge in [0.25, 0.3) is 0 Å². The monoisotopic (exact) mass is 207 g/mol. The van der Waals surface area contributed by atoms with Crippen LogP contribution in [0.15, 0.2) is 22.7 Å². The number of rotatable bonds is 2. The standard InChI is InChI=1S/C10H13N3O2/c1-10(2,11)7(14)9-13-8-6(15-9)4-3-5-12-8/h3-5,7,14H,11H2,1-2H3. The molecule has 1 atom stereocenters. The summed E-state index contributed by atoms with van der Waals surface area (Å²) in [7, 11) is 0. The Labute approximate surface area is 86.9 Å². The highest BCUT2D eigenvalue weighted by Crippen LogP contribution is 2.25. The van der Waals surface area contributed by atoms with E-state index in [0.717, 1.165) is 0 Å². The summed E-state index contributed by atoms with van der Waals surface area (Å²) < 4.78 is 5.35. The number of aromatic nitrogens is 2. The molecule has 0 saturated heterocycles. The second-order valence-electron chi connectivity index (χ2n) is 4.10. The van der Waals surface area contributed by atoms with Crippen molar-refractivity contribution in [3.8, 4) is 0 Å². The van der Waals surface area contributed by atoms with Crippen molar-refractivity contribution in [2.24, 2.45) is 5.73 Å². The highest BCUT2D eigenvalue weighted by atomic mass is 16.4. The zero-order chi connectivity index (χ0) is 11.1. The fourth-order valence-electron chi connectivity index (χ4n) is 1.22. The summed E-state index contributed by atoms with van der Waals surface area (Å²) in [6, 6.07) is 3.49. The topological polar surface area (TPSA) is 85.2 Å². The molecular formula is C10H13N3O2. The van der Waals surface area contributed by atoms with Gasteiger partial charge >= 0.3 is 0 Å². The van der Waals surface area contributed by atoms with E-state index in [1.165, 1.54) is 0 Å². The molecule has 3 N–H and O–H groups in total. The third-order valence-electron chi connectivity index (χ3n) is 2.12.